The van der Waals surface area contributed by atoms with Gasteiger partial charge in [-0.1, -0.05) is 20.8 Å². The highest BCUT2D eigenvalue weighted by Crippen LogP contribution is 2.26. The summed E-state index contributed by atoms with van der Waals surface area (Å²) in [7, 11) is 0. The van der Waals surface area contributed by atoms with Crippen LogP contribution in [0, 0.1) is 0 Å². The Morgan fingerprint density at radius 3 is 2.74 bits per heavy atom. The summed E-state index contributed by atoms with van der Waals surface area (Å²) >= 11 is 1.67. The maximum Gasteiger partial charge on any atom is 0.133 e. The quantitative estimate of drug-likeness (QED) is 0.877. The molecule has 0 spiro atoms. The molecule has 2 rings (SSSR count). The minimum Gasteiger partial charge on any atom is -0.370 e. The van der Waals surface area contributed by atoms with E-state index < -0.39 is 0 Å². The molecule has 0 amide bonds. The third-order valence-electron chi connectivity index (χ3n) is 2.89. The van der Waals surface area contributed by atoms with Crippen molar-refractivity contribution >= 4 is 17.2 Å². The SMILES string of the molecule is CCCNc1ncnc(Cc2nccs2)c1C(C)C. The van der Waals surface area contributed by atoms with Crippen LogP contribution in [0.5, 0.6) is 0 Å². The summed E-state index contributed by atoms with van der Waals surface area (Å²) in [6, 6.07) is 0. The van der Waals surface area contributed by atoms with Crippen LogP contribution in [0.4, 0.5) is 5.82 Å². The highest BCUT2D eigenvalue weighted by atomic mass is 32.1. The Morgan fingerprint density at radius 1 is 1.26 bits per heavy atom. The summed E-state index contributed by atoms with van der Waals surface area (Å²) in [6.07, 6.45) is 5.36. The van der Waals surface area contributed by atoms with E-state index in [-0.39, 0.29) is 0 Å². The third-order valence-corrected chi connectivity index (χ3v) is 3.67. The second kappa shape index (κ2) is 6.61. The van der Waals surface area contributed by atoms with E-state index in [1.165, 1.54) is 5.56 Å². The standard InChI is InChI=1S/C14H20N4S/c1-4-5-16-14-13(10(2)3)11(17-9-18-14)8-12-15-6-7-19-12/h6-7,9-10H,4-5,8H2,1-3H3,(H,16,17,18). The van der Waals surface area contributed by atoms with Crippen molar-refractivity contribution in [3.63, 3.8) is 0 Å². The minimum atomic E-state index is 0.399. The maximum atomic E-state index is 4.46. The van der Waals surface area contributed by atoms with E-state index in [9.17, 15) is 0 Å². The summed E-state index contributed by atoms with van der Waals surface area (Å²) in [5.41, 5.74) is 2.30. The van der Waals surface area contributed by atoms with Gasteiger partial charge in [-0.3, -0.25) is 0 Å². The van der Waals surface area contributed by atoms with Crippen LogP contribution in [-0.4, -0.2) is 21.5 Å². The van der Waals surface area contributed by atoms with Crippen molar-refractivity contribution < 1.29 is 0 Å². The van der Waals surface area contributed by atoms with Gasteiger partial charge in [0.25, 0.3) is 0 Å². The number of nitrogens with zero attached hydrogens (tertiary/aromatic N) is 3. The van der Waals surface area contributed by atoms with Crippen LogP contribution in [0.1, 0.15) is 49.4 Å². The Balaban J connectivity index is 2.31. The van der Waals surface area contributed by atoms with Gasteiger partial charge in [0.05, 0.1) is 10.7 Å². The number of thiazole rings is 1. The van der Waals surface area contributed by atoms with Gasteiger partial charge in [0.2, 0.25) is 0 Å². The summed E-state index contributed by atoms with van der Waals surface area (Å²) in [6.45, 7) is 7.45. The summed E-state index contributed by atoms with van der Waals surface area (Å²) in [4.78, 5) is 13.2. The van der Waals surface area contributed by atoms with E-state index in [0.29, 0.717) is 5.92 Å². The Labute approximate surface area is 118 Å². The Bertz CT molecular complexity index is 508. The zero-order chi connectivity index (χ0) is 13.7. The molecule has 2 heterocycles. The molecule has 19 heavy (non-hydrogen) atoms. The average molecular weight is 276 g/mol. The lowest BCUT2D eigenvalue weighted by molar-refractivity contribution is 0.811. The molecule has 0 radical (unpaired) electrons. The Kier molecular flexibility index (Phi) is 4.85. The largest absolute Gasteiger partial charge is 0.370 e. The summed E-state index contributed by atoms with van der Waals surface area (Å²) in [5.74, 6) is 1.37. The van der Waals surface area contributed by atoms with E-state index in [1.807, 2.05) is 11.6 Å². The highest BCUT2D eigenvalue weighted by Gasteiger charge is 2.15. The smallest absolute Gasteiger partial charge is 0.133 e. The fourth-order valence-electron chi connectivity index (χ4n) is 2.05. The lowest BCUT2D eigenvalue weighted by Gasteiger charge is -2.16. The molecule has 1 N–H and O–H groups in total. The van der Waals surface area contributed by atoms with Gasteiger partial charge in [-0.15, -0.1) is 11.3 Å². The van der Waals surface area contributed by atoms with Crippen LogP contribution >= 0.6 is 11.3 Å². The topological polar surface area (TPSA) is 50.7 Å². The first kappa shape index (κ1) is 13.9. The van der Waals surface area contributed by atoms with Crippen LogP contribution < -0.4 is 5.32 Å². The van der Waals surface area contributed by atoms with Crippen molar-refractivity contribution in [2.45, 2.75) is 39.5 Å². The van der Waals surface area contributed by atoms with Gasteiger partial charge in [-0.2, -0.15) is 0 Å². The monoisotopic (exact) mass is 276 g/mol. The van der Waals surface area contributed by atoms with E-state index in [1.54, 1.807) is 17.7 Å². The molecule has 0 fully saturated rings. The molecule has 0 aliphatic rings. The van der Waals surface area contributed by atoms with Crippen molar-refractivity contribution in [3.05, 3.63) is 34.2 Å². The predicted octanol–water partition coefficient (Wildman–Crippen LogP) is 3.47. The third kappa shape index (κ3) is 3.50. The van der Waals surface area contributed by atoms with Gasteiger partial charge in [0, 0.05) is 30.1 Å². The van der Waals surface area contributed by atoms with Crippen molar-refractivity contribution in [1.82, 2.24) is 15.0 Å². The molecule has 0 saturated carbocycles. The normalized spacial score (nSPS) is 10.9. The molecular formula is C14H20N4S. The molecule has 0 saturated heterocycles. The summed E-state index contributed by atoms with van der Waals surface area (Å²) in [5, 5.41) is 6.50. The number of anilines is 1. The lowest BCUT2D eigenvalue weighted by Crippen LogP contribution is -2.10. The van der Waals surface area contributed by atoms with E-state index in [2.05, 4.69) is 41.0 Å². The predicted molar refractivity (Wildman–Crippen MR) is 79.8 cm³/mol. The average Bonchev–Trinajstić information content (AvgIpc) is 2.89. The van der Waals surface area contributed by atoms with Crippen molar-refractivity contribution in [3.8, 4) is 0 Å². The maximum absolute atomic E-state index is 4.46. The zero-order valence-electron chi connectivity index (χ0n) is 11.7. The van der Waals surface area contributed by atoms with Crippen LogP contribution in [-0.2, 0) is 6.42 Å². The first-order chi connectivity index (χ1) is 9.22. The van der Waals surface area contributed by atoms with Gasteiger partial charge in [-0.05, 0) is 12.3 Å². The molecule has 0 bridgehead atoms. The second-order valence-corrected chi connectivity index (χ2v) is 5.75. The van der Waals surface area contributed by atoms with Gasteiger partial charge in [0.1, 0.15) is 12.1 Å². The molecule has 4 nitrogen and oxygen atoms in total. The molecule has 102 valence electrons. The van der Waals surface area contributed by atoms with Gasteiger partial charge < -0.3 is 5.32 Å². The fourth-order valence-corrected chi connectivity index (χ4v) is 2.67. The molecule has 2 aromatic rings. The number of hydrogen-bond acceptors (Lipinski definition) is 5. The highest BCUT2D eigenvalue weighted by molar-refractivity contribution is 7.09. The first-order valence-corrected chi connectivity index (χ1v) is 7.56. The van der Waals surface area contributed by atoms with Crippen molar-refractivity contribution in [2.75, 3.05) is 11.9 Å². The van der Waals surface area contributed by atoms with Gasteiger partial charge in [-0.25, -0.2) is 15.0 Å². The number of hydrogen-bond donors (Lipinski definition) is 1. The minimum absolute atomic E-state index is 0.399. The molecule has 5 heteroatoms. The molecule has 0 aliphatic heterocycles. The number of nitrogens with one attached hydrogen (secondary N) is 1. The first-order valence-electron chi connectivity index (χ1n) is 6.68. The lowest BCUT2D eigenvalue weighted by atomic mass is 10.00. The molecule has 2 aromatic heterocycles. The number of rotatable bonds is 6. The summed E-state index contributed by atoms with van der Waals surface area (Å²) < 4.78 is 0. The molecule has 0 atom stereocenters. The van der Waals surface area contributed by atoms with Crippen LogP contribution in [0.15, 0.2) is 17.9 Å². The van der Waals surface area contributed by atoms with Gasteiger partial charge >= 0.3 is 0 Å². The Morgan fingerprint density at radius 2 is 2.11 bits per heavy atom. The van der Waals surface area contributed by atoms with Crippen LogP contribution in [0.2, 0.25) is 0 Å². The Hall–Kier alpha value is -1.49. The van der Waals surface area contributed by atoms with Crippen LogP contribution in [0.3, 0.4) is 0 Å². The van der Waals surface area contributed by atoms with Gasteiger partial charge in [0.15, 0.2) is 0 Å². The molecule has 0 unspecified atom stereocenters. The van der Waals surface area contributed by atoms with Crippen LogP contribution in [0.25, 0.3) is 0 Å². The van der Waals surface area contributed by atoms with E-state index in [0.717, 1.165) is 35.9 Å². The number of aromatic nitrogens is 3. The second-order valence-electron chi connectivity index (χ2n) is 4.77. The fraction of sp³-hybridized carbons (Fsp3) is 0.500. The van der Waals surface area contributed by atoms with Crippen molar-refractivity contribution in [2.24, 2.45) is 0 Å². The van der Waals surface area contributed by atoms with E-state index >= 15 is 0 Å². The van der Waals surface area contributed by atoms with E-state index in [4.69, 9.17) is 0 Å². The zero-order valence-corrected chi connectivity index (χ0v) is 12.5. The van der Waals surface area contributed by atoms with Crippen molar-refractivity contribution in [1.29, 1.82) is 0 Å². The molecule has 0 aliphatic carbocycles. The molecular weight excluding hydrogens is 256 g/mol. The molecule has 0 aromatic carbocycles.